The van der Waals surface area contributed by atoms with Gasteiger partial charge >= 0.3 is 5.97 Å². The summed E-state index contributed by atoms with van der Waals surface area (Å²) < 4.78 is 5.61. The molecule has 0 saturated carbocycles. The molecule has 1 saturated heterocycles. The van der Waals surface area contributed by atoms with E-state index in [0.717, 1.165) is 6.20 Å². The standard InChI is InChI=1S/C11H12BrN3O4/c1-11(2)4-8(10(16)19-11)14-9-7(12)3-6(5-13-9)15(17)18/h3,5,8H,4H2,1-2H3,(H,13,14)/t8-/m1/s1. The number of rotatable bonds is 3. The van der Waals surface area contributed by atoms with Gasteiger partial charge in [-0.1, -0.05) is 0 Å². The predicted octanol–water partition coefficient (Wildman–Crippen LogP) is 2.26. The molecule has 2 heterocycles. The van der Waals surface area contributed by atoms with Gasteiger partial charge in [0, 0.05) is 12.5 Å². The molecule has 0 spiro atoms. The summed E-state index contributed by atoms with van der Waals surface area (Å²) in [6.45, 7) is 3.65. The van der Waals surface area contributed by atoms with Gasteiger partial charge in [-0.05, 0) is 29.8 Å². The molecule has 1 aliphatic rings. The smallest absolute Gasteiger partial charge is 0.329 e. The SMILES string of the molecule is CC1(C)C[C@@H](Nc2ncc([N+](=O)[O-])cc2Br)C(=O)O1. The van der Waals surface area contributed by atoms with Gasteiger partial charge in [-0.15, -0.1) is 0 Å². The summed E-state index contributed by atoms with van der Waals surface area (Å²) >= 11 is 3.19. The quantitative estimate of drug-likeness (QED) is 0.519. The van der Waals surface area contributed by atoms with E-state index in [1.807, 2.05) is 13.8 Å². The number of esters is 1. The third-order valence-electron chi connectivity index (χ3n) is 2.71. The lowest BCUT2D eigenvalue weighted by Gasteiger charge is -2.14. The molecule has 7 nitrogen and oxygen atoms in total. The molecule has 1 N–H and O–H groups in total. The molecule has 1 fully saturated rings. The first-order chi connectivity index (χ1) is 8.78. The fraction of sp³-hybridized carbons (Fsp3) is 0.455. The van der Waals surface area contributed by atoms with Gasteiger partial charge in [0.1, 0.15) is 23.7 Å². The molecule has 0 aromatic carbocycles. The molecule has 0 bridgehead atoms. The van der Waals surface area contributed by atoms with E-state index < -0.39 is 16.6 Å². The summed E-state index contributed by atoms with van der Waals surface area (Å²) in [5.41, 5.74) is -0.631. The third-order valence-corrected chi connectivity index (χ3v) is 3.31. The van der Waals surface area contributed by atoms with E-state index >= 15 is 0 Å². The van der Waals surface area contributed by atoms with Crippen molar-refractivity contribution >= 4 is 33.4 Å². The molecule has 0 amide bonds. The summed E-state index contributed by atoms with van der Waals surface area (Å²) in [6, 6.07) is 0.834. The maximum absolute atomic E-state index is 11.6. The van der Waals surface area contributed by atoms with Crippen LogP contribution in [0, 0.1) is 10.1 Å². The summed E-state index contributed by atoms with van der Waals surface area (Å²) in [4.78, 5) is 25.6. The number of nitro groups is 1. The van der Waals surface area contributed by atoms with Gasteiger partial charge in [-0.25, -0.2) is 9.78 Å². The molecule has 0 aliphatic carbocycles. The highest BCUT2D eigenvalue weighted by molar-refractivity contribution is 9.10. The zero-order valence-electron chi connectivity index (χ0n) is 10.3. The van der Waals surface area contributed by atoms with Gasteiger partial charge in [-0.3, -0.25) is 10.1 Å². The minimum absolute atomic E-state index is 0.119. The molecular weight excluding hydrogens is 318 g/mol. The second-order valence-corrected chi connectivity index (χ2v) is 5.72. The highest BCUT2D eigenvalue weighted by Crippen LogP contribution is 2.30. The van der Waals surface area contributed by atoms with E-state index in [2.05, 4.69) is 26.2 Å². The van der Waals surface area contributed by atoms with Crippen LogP contribution in [0.3, 0.4) is 0 Å². The third kappa shape index (κ3) is 3.01. The number of carbonyl (C=O) groups is 1. The Balaban J connectivity index is 2.16. The lowest BCUT2D eigenvalue weighted by atomic mass is 10.0. The number of nitrogens with one attached hydrogen (secondary N) is 1. The number of nitrogens with zero attached hydrogens (tertiary/aromatic N) is 2. The van der Waals surface area contributed by atoms with Crippen molar-refractivity contribution in [2.45, 2.75) is 31.9 Å². The van der Waals surface area contributed by atoms with E-state index in [1.165, 1.54) is 6.07 Å². The van der Waals surface area contributed by atoms with Crippen molar-refractivity contribution in [1.82, 2.24) is 4.98 Å². The second-order valence-electron chi connectivity index (χ2n) is 4.86. The van der Waals surface area contributed by atoms with E-state index in [4.69, 9.17) is 4.74 Å². The van der Waals surface area contributed by atoms with Crippen molar-refractivity contribution in [1.29, 1.82) is 0 Å². The van der Waals surface area contributed by atoms with Crippen LogP contribution in [-0.4, -0.2) is 27.5 Å². The number of hydrogen-bond acceptors (Lipinski definition) is 6. The summed E-state index contributed by atoms with van der Waals surface area (Å²) in [5.74, 6) is 0.0299. The largest absolute Gasteiger partial charge is 0.458 e. The van der Waals surface area contributed by atoms with Crippen molar-refractivity contribution < 1.29 is 14.5 Å². The van der Waals surface area contributed by atoms with Crippen molar-refractivity contribution in [3.8, 4) is 0 Å². The Morgan fingerprint density at radius 2 is 2.32 bits per heavy atom. The molecule has 19 heavy (non-hydrogen) atoms. The Labute approximate surface area is 117 Å². The zero-order valence-corrected chi connectivity index (χ0v) is 11.9. The van der Waals surface area contributed by atoms with Gasteiger partial charge in [0.05, 0.1) is 9.40 Å². The van der Waals surface area contributed by atoms with Crippen LogP contribution in [0.4, 0.5) is 11.5 Å². The van der Waals surface area contributed by atoms with Crippen LogP contribution in [0.25, 0.3) is 0 Å². The van der Waals surface area contributed by atoms with Crippen LogP contribution in [0.5, 0.6) is 0 Å². The number of carbonyl (C=O) groups excluding carboxylic acids is 1. The highest BCUT2D eigenvalue weighted by Gasteiger charge is 2.40. The minimum Gasteiger partial charge on any atom is -0.458 e. The topological polar surface area (TPSA) is 94.4 Å². The van der Waals surface area contributed by atoms with E-state index in [0.29, 0.717) is 16.7 Å². The molecule has 102 valence electrons. The van der Waals surface area contributed by atoms with E-state index in [-0.39, 0.29) is 11.7 Å². The number of aromatic nitrogens is 1. The fourth-order valence-corrected chi connectivity index (χ4v) is 2.32. The van der Waals surface area contributed by atoms with Crippen LogP contribution >= 0.6 is 15.9 Å². The Kier molecular flexibility index (Phi) is 3.44. The first-order valence-corrected chi connectivity index (χ1v) is 6.37. The zero-order chi connectivity index (χ0) is 14.2. The van der Waals surface area contributed by atoms with Crippen molar-refractivity contribution in [2.75, 3.05) is 5.32 Å². The maximum atomic E-state index is 11.6. The van der Waals surface area contributed by atoms with Crippen molar-refractivity contribution in [2.24, 2.45) is 0 Å². The van der Waals surface area contributed by atoms with E-state index in [1.54, 1.807) is 0 Å². The molecule has 8 heteroatoms. The molecule has 1 aromatic heterocycles. The Hall–Kier alpha value is -1.70. The average molecular weight is 330 g/mol. The monoisotopic (exact) mass is 329 g/mol. The molecule has 1 atom stereocenters. The number of anilines is 1. The van der Waals surface area contributed by atoms with Crippen LogP contribution in [0.15, 0.2) is 16.7 Å². The first kappa shape index (κ1) is 13.7. The lowest BCUT2D eigenvalue weighted by Crippen LogP contribution is -2.25. The number of cyclic esters (lactones) is 1. The van der Waals surface area contributed by atoms with Gasteiger partial charge in [0.25, 0.3) is 5.69 Å². The lowest BCUT2D eigenvalue weighted by molar-refractivity contribution is -0.385. The van der Waals surface area contributed by atoms with Crippen molar-refractivity contribution in [3.05, 3.63) is 26.9 Å². The number of pyridine rings is 1. The Morgan fingerprint density at radius 1 is 1.63 bits per heavy atom. The molecule has 0 unspecified atom stereocenters. The molecule has 1 aliphatic heterocycles. The molecule has 1 aromatic rings. The number of ether oxygens (including phenoxy) is 1. The minimum atomic E-state index is -0.533. The first-order valence-electron chi connectivity index (χ1n) is 5.58. The summed E-state index contributed by atoms with van der Waals surface area (Å²) in [6.07, 6.45) is 1.65. The highest BCUT2D eigenvalue weighted by atomic mass is 79.9. The Bertz CT molecular complexity index is 547. The second kappa shape index (κ2) is 4.76. The molecular formula is C11H12BrN3O4. The normalized spacial score (nSPS) is 21.0. The van der Waals surface area contributed by atoms with Crippen LogP contribution in [0.2, 0.25) is 0 Å². The summed E-state index contributed by atoms with van der Waals surface area (Å²) in [7, 11) is 0. The van der Waals surface area contributed by atoms with Gasteiger partial charge in [-0.2, -0.15) is 0 Å². The molecule has 0 radical (unpaired) electrons. The van der Waals surface area contributed by atoms with Gasteiger partial charge in [0.2, 0.25) is 0 Å². The van der Waals surface area contributed by atoms with Crippen LogP contribution in [0.1, 0.15) is 20.3 Å². The maximum Gasteiger partial charge on any atom is 0.329 e. The Morgan fingerprint density at radius 3 is 2.79 bits per heavy atom. The fourth-order valence-electron chi connectivity index (χ4n) is 1.87. The van der Waals surface area contributed by atoms with Gasteiger partial charge < -0.3 is 10.1 Å². The summed E-state index contributed by atoms with van der Waals surface area (Å²) in [5, 5.41) is 13.5. The van der Waals surface area contributed by atoms with Crippen molar-refractivity contribution in [3.63, 3.8) is 0 Å². The predicted molar refractivity (Wildman–Crippen MR) is 70.8 cm³/mol. The van der Waals surface area contributed by atoms with Crippen LogP contribution in [-0.2, 0) is 9.53 Å². The number of hydrogen-bond donors (Lipinski definition) is 1. The van der Waals surface area contributed by atoms with E-state index in [9.17, 15) is 14.9 Å². The van der Waals surface area contributed by atoms with Gasteiger partial charge in [0.15, 0.2) is 0 Å². The number of halogens is 1. The molecule has 2 rings (SSSR count). The average Bonchev–Trinajstić information content (AvgIpc) is 2.54. The van der Waals surface area contributed by atoms with Crippen LogP contribution < -0.4 is 5.32 Å².